The van der Waals surface area contributed by atoms with Crippen molar-refractivity contribution < 1.29 is 4.79 Å². The summed E-state index contributed by atoms with van der Waals surface area (Å²) < 4.78 is 0.913. The number of carbonyl (C=O) groups is 1. The Morgan fingerprint density at radius 2 is 2.06 bits per heavy atom. The molecule has 82 valence electrons. The lowest BCUT2D eigenvalue weighted by atomic mass is 10.1. The van der Waals surface area contributed by atoms with Crippen molar-refractivity contribution >= 4 is 50.3 Å². The van der Waals surface area contributed by atoms with Gasteiger partial charge in [0.1, 0.15) is 0 Å². The normalized spacial score (nSPS) is 10.4. The second-order valence-corrected chi connectivity index (χ2v) is 5.98. The smallest absolute Gasteiger partial charge is 0.204 e. The van der Waals surface area contributed by atoms with Crippen molar-refractivity contribution in [2.45, 2.75) is 0 Å². The van der Waals surface area contributed by atoms with Gasteiger partial charge in [0, 0.05) is 5.56 Å². The summed E-state index contributed by atoms with van der Waals surface area (Å²) in [5.74, 6) is -0.104. The Labute approximate surface area is 110 Å². The van der Waals surface area contributed by atoms with Crippen LogP contribution in [0.4, 0.5) is 5.69 Å². The van der Waals surface area contributed by atoms with Crippen LogP contribution in [-0.2, 0) is 0 Å². The van der Waals surface area contributed by atoms with Crippen LogP contribution in [0.1, 0.15) is 15.2 Å². The highest BCUT2D eigenvalue weighted by molar-refractivity contribution is 9.11. The second-order valence-electron chi connectivity index (χ2n) is 3.14. The van der Waals surface area contributed by atoms with E-state index in [-0.39, 0.29) is 5.78 Å². The number of nitrogen functional groups attached to an aromatic ring is 1. The second kappa shape index (κ2) is 4.57. The predicted molar refractivity (Wildman–Crippen MR) is 71.3 cm³/mol. The van der Waals surface area contributed by atoms with Gasteiger partial charge in [-0.25, -0.2) is 0 Å². The van der Waals surface area contributed by atoms with Crippen LogP contribution in [-0.4, -0.2) is 5.78 Å². The number of halogens is 2. The first kappa shape index (κ1) is 11.6. The molecule has 0 saturated carbocycles. The molecule has 0 bridgehead atoms. The average Bonchev–Trinajstić information content (AvgIpc) is 2.68. The van der Waals surface area contributed by atoms with Gasteiger partial charge in [-0.3, -0.25) is 4.79 Å². The maximum Gasteiger partial charge on any atom is 0.204 e. The topological polar surface area (TPSA) is 43.1 Å². The zero-order valence-corrected chi connectivity index (χ0v) is 11.2. The third kappa shape index (κ3) is 2.14. The Morgan fingerprint density at radius 3 is 2.69 bits per heavy atom. The molecule has 0 spiro atoms. The molecule has 0 atom stereocenters. The molecule has 2 rings (SSSR count). The van der Waals surface area contributed by atoms with E-state index < -0.39 is 0 Å². The number of ketones is 1. The summed E-state index contributed by atoms with van der Waals surface area (Å²) in [6.07, 6.45) is 0. The molecule has 5 heteroatoms. The summed E-state index contributed by atoms with van der Waals surface area (Å²) in [6.45, 7) is 0. The van der Waals surface area contributed by atoms with Gasteiger partial charge in [0.25, 0.3) is 0 Å². The van der Waals surface area contributed by atoms with E-state index in [0.29, 0.717) is 21.2 Å². The number of thiophene rings is 1. The van der Waals surface area contributed by atoms with E-state index in [1.807, 2.05) is 6.07 Å². The highest BCUT2D eigenvalue weighted by Crippen LogP contribution is 2.29. The number of nitrogens with two attached hydrogens (primary N) is 1. The summed E-state index contributed by atoms with van der Waals surface area (Å²) >= 11 is 10.7. The summed E-state index contributed by atoms with van der Waals surface area (Å²) in [5.41, 5.74) is 6.51. The van der Waals surface area contributed by atoms with E-state index in [9.17, 15) is 4.79 Å². The van der Waals surface area contributed by atoms with Gasteiger partial charge in [-0.05, 0) is 40.2 Å². The Balaban J connectivity index is 2.45. The molecule has 2 nitrogen and oxygen atoms in total. The van der Waals surface area contributed by atoms with Crippen molar-refractivity contribution in [3.8, 4) is 0 Å². The number of benzene rings is 1. The summed E-state index contributed by atoms with van der Waals surface area (Å²) in [4.78, 5) is 12.7. The van der Waals surface area contributed by atoms with Crippen molar-refractivity contribution in [1.29, 1.82) is 0 Å². The molecule has 16 heavy (non-hydrogen) atoms. The van der Waals surface area contributed by atoms with E-state index in [1.165, 1.54) is 11.3 Å². The molecular formula is C11H7BrClNOS. The van der Waals surface area contributed by atoms with Crippen LogP contribution in [0.25, 0.3) is 0 Å². The van der Waals surface area contributed by atoms with Gasteiger partial charge in [-0.1, -0.05) is 17.7 Å². The van der Waals surface area contributed by atoms with Crippen LogP contribution in [0.3, 0.4) is 0 Å². The van der Waals surface area contributed by atoms with Crippen molar-refractivity contribution in [3.05, 3.63) is 49.6 Å². The minimum absolute atomic E-state index is 0.104. The Kier molecular flexibility index (Phi) is 3.33. The summed E-state index contributed by atoms with van der Waals surface area (Å²) in [5, 5.41) is 0.317. The zero-order valence-electron chi connectivity index (χ0n) is 8.04. The van der Waals surface area contributed by atoms with Crippen LogP contribution >= 0.6 is 38.9 Å². The molecular weight excluding hydrogens is 310 g/mol. The monoisotopic (exact) mass is 315 g/mol. The van der Waals surface area contributed by atoms with E-state index >= 15 is 0 Å². The largest absolute Gasteiger partial charge is 0.398 e. The first-order valence-electron chi connectivity index (χ1n) is 4.43. The van der Waals surface area contributed by atoms with Crippen molar-refractivity contribution in [2.75, 3.05) is 5.73 Å². The lowest BCUT2D eigenvalue weighted by Gasteiger charge is -2.03. The van der Waals surface area contributed by atoms with Crippen LogP contribution in [0, 0.1) is 0 Å². The minimum Gasteiger partial charge on any atom is -0.398 e. The van der Waals surface area contributed by atoms with Crippen LogP contribution in [0.15, 0.2) is 34.1 Å². The van der Waals surface area contributed by atoms with Gasteiger partial charge >= 0.3 is 0 Å². The molecule has 0 aliphatic rings. The molecule has 1 aromatic heterocycles. The standard InChI is InChI=1S/C11H7BrClNOS/c12-9-5-4-8(16-9)11(15)6-2-1-3-7(14)10(6)13/h1-5H,14H2. The van der Waals surface area contributed by atoms with E-state index in [1.54, 1.807) is 24.3 Å². The molecule has 1 heterocycles. The summed E-state index contributed by atoms with van der Waals surface area (Å²) in [6, 6.07) is 8.66. The van der Waals surface area contributed by atoms with E-state index in [4.69, 9.17) is 17.3 Å². The fourth-order valence-corrected chi connectivity index (χ4v) is 2.85. The third-order valence-electron chi connectivity index (χ3n) is 2.07. The third-order valence-corrected chi connectivity index (χ3v) is 4.11. The van der Waals surface area contributed by atoms with Crippen LogP contribution in [0.2, 0.25) is 5.02 Å². The lowest BCUT2D eigenvalue weighted by molar-refractivity contribution is 0.104. The van der Waals surface area contributed by atoms with E-state index in [0.717, 1.165) is 3.79 Å². The maximum absolute atomic E-state index is 12.1. The Hall–Kier alpha value is -0.840. The van der Waals surface area contributed by atoms with Gasteiger partial charge in [0.2, 0.25) is 5.78 Å². The van der Waals surface area contributed by atoms with Crippen LogP contribution in [0.5, 0.6) is 0 Å². The molecule has 0 unspecified atom stereocenters. The zero-order chi connectivity index (χ0) is 11.7. The highest BCUT2D eigenvalue weighted by Gasteiger charge is 2.15. The summed E-state index contributed by atoms with van der Waals surface area (Å²) in [7, 11) is 0. The average molecular weight is 317 g/mol. The van der Waals surface area contributed by atoms with Gasteiger partial charge in [-0.2, -0.15) is 0 Å². The van der Waals surface area contributed by atoms with Crippen molar-refractivity contribution in [1.82, 2.24) is 0 Å². The van der Waals surface area contributed by atoms with Gasteiger partial charge in [0.15, 0.2) is 0 Å². The number of hydrogen-bond acceptors (Lipinski definition) is 3. The SMILES string of the molecule is Nc1cccc(C(=O)c2ccc(Br)s2)c1Cl. The molecule has 2 N–H and O–H groups in total. The molecule has 0 amide bonds. The van der Waals surface area contributed by atoms with Crippen molar-refractivity contribution in [2.24, 2.45) is 0 Å². The number of anilines is 1. The first-order valence-corrected chi connectivity index (χ1v) is 6.42. The van der Waals surface area contributed by atoms with E-state index in [2.05, 4.69) is 15.9 Å². The fraction of sp³-hybridized carbons (Fsp3) is 0. The van der Waals surface area contributed by atoms with Crippen LogP contribution < -0.4 is 5.73 Å². The quantitative estimate of drug-likeness (QED) is 0.673. The minimum atomic E-state index is -0.104. The Morgan fingerprint density at radius 1 is 1.31 bits per heavy atom. The fourth-order valence-electron chi connectivity index (χ4n) is 1.29. The molecule has 0 aliphatic heterocycles. The molecule has 1 aromatic carbocycles. The highest BCUT2D eigenvalue weighted by atomic mass is 79.9. The maximum atomic E-state index is 12.1. The van der Waals surface area contributed by atoms with Gasteiger partial charge < -0.3 is 5.73 Å². The molecule has 0 aliphatic carbocycles. The Bertz CT molecular complexity index is 553. The molecule has 2 aromatic rings. The molecule has 0 saturated heterocycles. The molecule has 0 radical (unpaired) electrons. The van der Waals surface area contributed by atoms with Crippen molar-refractivity contribution in [3.63, 3.8) is 0 Å². The van der Waals surface area contributed by atoms with Gasteiger partial charge in [0.05, 0.1) is 19.4 Å². The number of hydrogen-bond donors (Lipinski definition) is 1. The molecule has 0 fully saturated rings. The predicted octanol–water partition coefficient (Wildman–Crippen LogP) is 3.98. The first-order chi connectivity index (χ1) is 7.59. The lowest BCUT2D eigenvalue weighted by Crippen LogP contribution is -2.01. The number of rotatable bonds is 2. The van der Waals surface area contributed by atoms with Gasteiger partial charge in [-0.15, -0.1) is 11.3 Å². The number of carbonyl (C=O) groups excluding carboxylic acids is 1.